The van der Waals surface area contributed by atoms with E-state index in [9.17, 15) is 14.7 Å². The van der Waals surface area contributed by atoms with Gasteiger partial charge in [-0.15, -0.1) is 0 Å². The molecule has 1 N–H and O–H groups in total. The molecule has 0 unspecified atom stereocenters. The van der Waals surface area contributed by atoms with Crippen LogP contribution in [0.2, 0.25) is 0 Å². The second kappa shape index (κ2) is 5.46. The average molecular weight is 275 g/mol. The van der Waals surface area contributed by atoms with Gasteiger partial charge in [0, 0.05) is 17.2 Å². The van der Waals surface area contributed by atoms with Crippen molar-refractivity contribution in [1.82, 2.24) is 4.73 Å². The first-order valence-corrected chi connectivity index (χ1v) is 6.37. The number of Topliss-reactive ketones (excluding diaryl/α,β-unsaturated/α-hetero) is 1. The molecule has 0 amide bonds. The van der Waals surface area contributed by atoms with Gasteiger partial charge in [0.2, 0.25) is 5.78 Å². The molecule has 1 heterocycles. The van der Waals surface area contributed by atoms with Crippen LogP contribution >= 0.6 is 0 Å². The van der Waals surface area contributed by atoms with Crippen LogP contribution in [0.5, 0.6) is 0 Å². The number of ketones is 1. The molecule has 0 radical (unpaired) electrons. The predicted molar refractivity (Wildman–Crippen MR) is 74.7 cm³/mol. The monoisotopic (exact) mass is 275 g/mol. The van der Waals surface area contributed by atoms with E-state index in [0.717, 1.165) is 5.39 Å². The maximum atomic E-state index is 11.8. The number of carbonyl (C=O) groups is 2. The minimum absolute atomic E-state index is 0.214. The quantitative estimate of drug-likeness (QED) is 0.494. The lowest BCUT2D eigenvalue weighted by atomic mass is 10.1. The Morgan fingerprint density at radius 3 is 2.75 bits per heavy atom. The average Bonchev–Trinajstić information content (AvgIpc) is 2.74. The summed E-state index contributed by atoms with van der Waals surface area (Å²) < 4.78 is 1.31. The maximum absolute atomic E-state index is 11.8. The van der Waals surface area contributed by atoms with Gasteiger partial charge < -0.3 is 9.94 Å². The van der Waals surface area contributed by atoms with Crippen LogP contribution in [0.4, 0.5) is 0 Å². The van der Waals surface area contributed by atoms with Crippen molar-refractivity contribution < 1.29 is 19.5 Å². The lowest BCUT2D eigenvalue weighted by Gasteiger charge is -2.17. The molecule has 5 heteroatoms. The number of aliphatic hydroxyl groups is 1. The van der Waals surface area contributed by atoms with Crippen molar-refractivity contribution in [2.75, 3.05) is 6.61 Å². The highest BCUT2D eigenvalue weighted by atomic mass is 16.7. The summed E-state index contributed by atoms with van der Waals surface area (Å²) in [7, 11) is 0. The molecule has 0 fully saturated rings. The minimum Gasteiger partial charge on any atom is -0.414 e. The van der Waals surface area contributed by atoms with E-state index in [4.69, 9.17) is 4.84 Å². The standard InChI is InChI=1S/C15H17NO4/c1-15(2,19)7-8-20-16-9-11-5-3-4-6-12(11)14(16)13(18)10-17/h3-6,9-10,19H,7-8H2,1-2H3. The molecule has 0 saturated heterocycles. The smallest absolute Gasteiger partial charge is 0.245 e. The van der Waals surface area contributed by atoms with Gasteiger partial charge in [-0.25, -0.2) is 0 Å². The Morgan fingerprint density at radius 1 is 1.40 bits per heavy atom. The largest absolute Gasteiger partial charge is 0.414 e. The summed E-state index contributed by atoms with van der Waals surface area (Å²) >= 11 is 0. The molecule has 2 aromatic rings. The van der Waals surface area contributed by atoms with E-state index in [1.165, 1.54) is 4.73 Å². The summed E-state index contributed by atoms with van der Waals surface area (Å²) in [6.45, 7) is 3.60. The van der Waals surface area contributed by atoms with E-state index in [1.807, 2.05) is 12.1 Å². The summed E-state index contributed by atoms with van der Waals surface area (Å²) in [5.74, 6) is -0.630. The Labute approximate surface area is 116 Å². The van der Waals surface area contributed by atoms with Crippen molar-refractivity contribution in [2.45, 2.75) is 25.9 Å². The molecule has 106 valence electrons. The van der Waals surface area contributed by atoms with Crippen molar-refractivity contribution in [1.29, 1.82) is 0 Å². The first-order chi connectivity index (χ1) is 9.42. The zero-order valence-corrected chi connectivity index (χ0v) is 11.5. The third-order valence-electron chi connectivity index (χ3n) is 2.98. The number of benzene rings is 1. The fourth-order valence-electron chi connectivity index (χ4n) is 1.93. The van der Waals surface area contributed by atoms with Gasteiger partial charge >= 0.3 is 0 Å². The number of nitrogens with zero attached hydrogens (tertiary/aromatic N) is 1. The Morgan fingerprint density at radius 2 is 2.10 bits per heavy atom. The number of carbonyl (C=O) groups excluding carboxylic acids is 2. The Kier molecular flexibility index (Phi) is 3.90. The first kappa shape index (κ1) is 14.3. The van der Waals surface area contributed by atoms with Crippen LogP contribution in [0.3, 0.4) is 0 Å². The molecule has 0 aliphatic carbocycles. The van der Waals surface area contributed by atoms with Crippen LogP contribution in [0, 0.1) is 0 Å². The molecule has 0 saturated carbocycles. The van der Waals surface area contributed by atoms with Gasteiger partial charge in [-0.2, -0.15) is 4.73 Å². The Balaban J connectivity index is 2.32. The van der Waals surface area contributed by atoms with Crippen LogP contribution in [-0.2, 0) is 4.79 Å². The summed E-state index contributed by atoms with van der Waals surface area (Å²) in [4.78, 5) is 28.0. The third kappa shape index (κ3) is 3.05. The van der Waals surface area contributed by atoms with Gasteiger partial charge in [-0.05, 0) is 13.8 Å². The zero-order valence-electron chi connectivity index (χ0n) is 11.5. The molecular formula is C15H17NO4. The molecule has 20 heavy (non-hydrogen) atoms. The Bertz CT molecular complexity index is 637. The lowest BCUT2D eigenvalue weighted by Crippen LogP contribution is -2.26. The highest BCUT2D eigenvalue weighted by molar-refractivity contribution is 6.35. The SMILES string of the molecule is CC(C)(O)CCOn1cc2ccccc2c1C(=O)C=O. The number of hydrogen-bond acceptors (Lipinski definition) is 4. The molecule has 0 aliphatic heterocycles. The van der Waals surface area contributed by atoms with Crippen molar-refractivity contribution in [3.8, 4) is 0 Å². The van der Waals surface area contributed by atoms with E-state index in [2.05, 4.69) is 0 Å². The second-order valence-electron chi connectivity index (χ2n) is 5.27. The second-order valence-corrected chi connectivity index (χ2v) is 5.27. The fraction of sp³-hybridized carbons (Fsp3) is 0.333. The van der Waals surface area contributed by atoms with Crippen molar-refractivity contribution >= 4 is 22.8 Å². The van der Waals surface area contributed by atoms with Crippen LogP contribution in [0.15, 0.2) is 30.5 Å². The van der Waals surface area contributed by atoms with Crippen LogP contribution in [0.1, 0.15) is 30.8 Å². The van der Waals surface area contributed by atoms with Crippen LogP contribution in [-0.4, -0.2) is 34.1 Å². The lowest BCUT2D eigenvalue weighted by molar-refractivity contribution is -0.104. The van der Waals surface area contributed by atoms with E-state index in [0.29, 0.717) is 11.8 Å². The number of aromatic nitrogens is 1. The van der Waals surface area contributed by atoms with E-state index >= 15 is 0 Å². The highest BCUT2D eigenvalue weighted by Gasteiger charge is 2.18. The molecule has 1 aromatic carbocycles. The molecule has 0 spiro atoms. The van der Waals surface area contributed by atoms with Gasteiger partial charge in [0.1, 0.15) is 12.3 Å². The molecule has 1 aromatic heterocycles. The maximum Gasteiger partial charge on any atom is 0.245 e. The van der Waals surface area contributed by atoms with E-state index in [1.54, 1.807) is 32.2 Å². The van der Waals surface area contributed by atoms with Crippen molar-refractivity contribution in [3.63, 3.8) is 0 Å². The predicted octanol–water partition coefficient (Wildman–Crippen LogP) is 1.61. The number of rotatable bonds is 6. The topological polar surface area (TPSA) is 68.5 Å². The van der Waals surface area contributed by atoms with Gasteiger partial charge in [-0.3, -0.25) is 9.59 Å². The molecule has 5 nitrogen and oxygen atoms in total. The molecule has 2 rings (SSSR count). The summed E-state index contributed by atoms with van der Waals surface area (Å²) in [5.41, 5.74) is -0.632. The normalized spacial score (nSPS) is 11.6. The number of aldehydes is 1. The van der Waals surface area contributed by atoms with Gasteiger partial charge in [0.05, 0.1) is 11.8 Å². The van der Waals surface area contributed by atoms with Crippen molar-refractivity contribution in [2.24, 2.45) is 0 Å². The summed E-state index contributed by atoms with van der Waals surface area (Å²) in [5, 5.41) is 11.1. The zero-order chi connectivity index (χ0) is 14.8. The number of hydrogen-bond donors (Lipinski definition) is 1. The molecular weight excluding hydrogens is 258 g/mol. The molecule has 0 aliphatic rings. The first-order valence-electron chi connectivity index (χ1n) is 6.37. The van der Waals surface area contributed by atoms with E-state index in [-0.39, 0.29) is 18.6 Å². The van der Waals surface area contributed by atoms with E-state index < -0.39 is 11.4 Å². The Hall–Kier alpha value is -2.14. The van der Waals surface area contributed by atoms with Gasteiger partial charge in [-0.1, -0.05) is 24.3 Å². The summed E-state index contributed by atoms with van der Waals surface area (Å²) in [6.07, 6.45) is 2.35. The molecule has 0 atom stereocenters. The fourth-order valence-corrected chi connectivity index (χ4v) is 1.93. The van der Waals surface area contributed by atoms with Crippen molar-refractivity contribution in [3.05, 3.63) is 36.2 Å². The van der Waals surface area contributed by atoms with Gasteiger partial charge in [0.15, 0.2) is 6.29 Å². The minimum atomic E-state index is -0.846. The molecule has 0 bridgehead atoms. The van der Waals surface area contributed by atoms with Crippen LogP contribution in [0.25, 0.3) is 10.8 Å². The summed E-state index contributed by atoms with van der Waals surface area (Å²) in [6, 6.07) is 7.25. The van der Waals surface area contributed by atoms with Gasteiger partial charge in [0.25, 0.3) is 0 Å². The third-order valence-corrected chi connectivity index (χ3v) is 2.98. The number of fused-ring (bicyclic) bond motifs is 1. The van der Waals surface area contributed by atoms with Crippen LogP contribution < -0.4 is 4.84 Å². The highest BCUT2D eigenvalue weighted by Crippen LogP contribution is 2.20.